The molecular formula is C19H21F5N6O3. The molecule has 2 fully saturated rings. The van der Waals surface area contributed by atoms with Crippen molar-refractivity contribution in [2.75, 3.05) is 18.4 Å². The number of anilines is 1. The number of likely N-dealkylation sites (tertiary alicyclic amines) is 1. The van der Waals surface area contributed by atoms with Gasteiger partial charge in [-0.2, -0.15) is 0 Å². The third-order valence-corrected chi connectivity index (χ3v) is 5.56. The number of hydrazine groups is 1. The fourth-order valence-corrected chi connectivity index (χ4v) is 3.87. The van der Waals surface area contributed by atoms with E-state index in [-0.39, 0.29) is 30.9 Å². The minimum Gasteiger partial charge on any atom is -0.399 e. The van der Waals surface area contributed by atoms with Crippen LogP contribution < -0.4 is 27.6 Å². The van der Waals surface area contributed by atoms with Gasteiger partial charge < -0.3 is 26.7 Å². The standard InChI is InChI=1S/C19H21F5N6O3/c20-11-3-10(4-12(21)14(11)22)28-15(31)9-1-2-30(6-9)17(33)16(32)29-18(13(25)5-27-26)7-19(23,24)8-18/h3-5,9,27H,1-2,6-8,25-26H2,(H,28,31)(H,29,32)/b13-5-. The monoisotopic (exact) mass is 476 g/mol. The molecule has 1 unspecified atom stereocenters. The van der Waals surface area contributed by atoms with E-state index in [1.54, 1.807) is 0 Å². The van der Waals surface area contributed by atoms with Gasteiger partial charge in [-0.25, -0.2) is 22.0 Å². The van der Waals surface area contributed by atoms with Crippen molar-refractivity contribution in [3.63, 3.8) is 0 Å². The molecule has 3 rings (SSSR count). The van der Waals surface area contributed by atoms with E-state index < -0.39 is 65.4 Å². The lowest BCUT2D eigenvalue weighted by Gasteiger charge is -2.47. The molecular weight excluding hydrogens is 455 g/mol. The summed E-state index contributed by atoms with van der Waals surface area (Å²) in [5.41, 5.74) is 5.65. The second-order valence-electron chi connectivity index (χ2n) is 7.99. The van der Waals surface area contributed by atoms with Gasteiger partial charge in [0, 0.05) is 50.0 Å². The van der Waals surface area contributed by atoms with Crippen LogP contribution in [0, 0.1) is 23.4 Å². The first-order chi connectivity index (χ1) is 15.4. The number of alkyl halides is 2. The average molecular weight is 476 g/mol. The smallest absolute Gasteiger partial charge is 0.311 e. The lowest BCUT2D eigenvalue weighted by atomic mass is 9.71. The Morgan fingerprint density at radius 3 is 2.27 bits per heavy atom. The van der Waals surface area contributed by atoms with Gasteiger partial charge in [0.05, 0.1) is 17.2 Å². The van der Waals surface area contributed by atoms with Crippen molar-refractivity contribution in [2.24, 2.45) is 17.5 Å². The second kappa shape index (κ2) is 8.84. The molecule has 0 aromatic heterocycles. The highest BCUT2D eigenvalue weighted by Gasteiger charge is 2.59. The van der Waals surface area contributed by atoms with E-state index in [2.05, 4.69) is 16.1 Å². The van der Waals surface area contributed by atoms with Gasteiger partial charge in [0.15, 0.2) is 17.5 Å². The summed E-state index contributed by atoms with van der Waals surface area (Å²) in [6.45, 7) is -0.210. The summed E-state index contributed by atoms with van der Waals surface area (Å²) in [6.07, 6.45) is -0.492. The first kappa shape index (κ1) is 24.2. The minimum absolute atomic E-state index is 0.00465. The zero-order chi connectivity index (χ0) is 24.6. The third kappa shape index (κ3) is 4.99. The van der Waals surface area contributed by atoms with Gasteiger partial charge in [0.25, 0.3) is 5.92 Å². The van der Waals surface area contributed by atoms with Gasteiger partial charge in [-0.15, -0.1) is 0 Å². The number of nitrogens with two attached hydrogens (primary N) is 2. The topological polar surface area (TPSA) is 143 Å². The quantitative estimate of drug-likeness (QED) is 0.137. The van der Waals surface area contributed by atoms with Crippen molar-refractivity contribution < 1.29 is 36.3 Å². The van der Waals surface area contributed by atoms with Crippen LogP contribution in [0.15, 0.2) is 24.0 Å². The van der Waals surface area contributed by atoms with Crippen molar-refractivity contribution in [1.82, 2.24) is 15.6 Å². The average Bonchev–Trinajstić information content (AvgIpc) is 3.20. The Labute approximate surface area is 184 Å². The second-order valence-corrected chi connectivity index (χ2v) is 7.99. The number of carbonyl (C=O) groups excluding carboxylic acids is 3. The maximum absolute atomic E-state index is 13.5. The summed E-state index contributed by atoms with van der Waals surface area (Å²) in [4.78, 5) is 38.3. The van der Waals surface area contributed by atoms with E-state index in [1.807, 2.05) is 0 Å². The molecule has 180 valence electrons. The number of nitrogens with zero attached hydrogens (tertiary/aromatic N) is 1. The number of hydrogen-bond donors (Lipinski definition) is 5. The lowest BCUT2D eigenvalue weighted by Crippen LogP contribution is -2.66. The Bertz CT molecular complexity index is 987. The Kier molecular flexibility index (Phi) is 6.49. The zero-order valence-corrected chi connectivity index (χ0v) is 17.1. The maximum Gasteiger partial charge on any atom is 0.311 e. The molecule has 3 amide bonds. The Morgan fingerprint density at radius 2 is 1.73 bits per heavy atom. The van der Waals surface area contributed by atoms with Crippen molar-refractivity contribution >= 4 is 23.4 Å². The molecule has 1 heterocycles. The summed E-state index contributed by atoms with van der Waals surface area (Å²) in [6, 6.07) is 1.20. The molecule has 1 saturated carbocycles. The molecule has 1 aliphatic carbocycles. The SMILES string of the molecule is NN/C=C(\N)C1(NC(=O)C(=O)N2CCC(C(=O)Nc3cc(F)c(F)c(F)c3)C2)CC(F)(F)C1. The normalized spacial score (nSPS) is 21.2. The van der Waals surface area contributed by atoms with Crippen LogP contribution in [0.5, 0.6) is 0 Å². The van der Waals surface area contributed by atoms with Crippen molar-refractivity contribution in [3.8, 4) is 0 Å². The van der Waals surface area contributed by atoms with Gasteiger partial charge in [-0.3, -0.25) is 20.2 Å². The van der Waals surface area contributed by atoms with E-state index in [0.29, 0.717) is 12.1 Å². The fourth-order valence-electron chi connectivity index (χ4n) is 3.87. The van der Waals surface area contributed by atoms with Crippen LogP contribution in [-0.4, -0.2) is 47.2 Å². The van der Waals surface area contributed by atoms with Crippen molar-refractivity contribution in [1.29, 1.82) is 0 Å². The summed E-state index contributed by atoms with van der Waals surface area (Å²) < 4.78 is 66.6. The number of carbonyl (C=O) groups is 3. The van der Waals surface area contributed by atoms with E-state index in [0.717, 1.165) is 11.1 Å². The molecule has 1 aromatic carbocycles. The number of nitrogens with one attached hydrogen (secondary N) is 3. The Balaban J connectivity index is 1.61. The maximum atomic E-state index is 13.5. The number of hydrogen-bond acceptors (Lipinski definition) is 6. The van der Waals surface area contributed by atoms with Crippen LogP contribution in [0.4, 0.5) is 27.6 Å². The van der Waals surface area contributed by atoms with E-state index >= 15 is 0 Å². The summed E-state index contributed by atoms with van der Waals surface area (Å²) in [7, 11) is 0. The molecule has 1 aromatic rings. The molecule has 1 saturated heterocycles. The largest absolute Gasteiger partial charge is 0.399 e. The molecule has 7 N–H and O–H groups in total. The summed E-state index contributed by atoms with van der Waals surface area (Å²) in [5, 5.41) is 4.46. The van der Waals surface area contributed by atoms with Crippen LogP contribution in [-0.2, 0) is 14.4 Å². The third-order valence-electron chi connectivity index (χ3n) is 5.56. The molecule has 2 aliphatic rings. The molecule has 1 aliphatic heterocycles. The molecule has 1 atom stereocenters. The van der Waals surface area contributed by atoms with E-state index in [9.17, 15) is 36.3 Å². The lowest BCUT2D eigenvalue weighted by molar-refractivity contribution is -0.153. The fraction of sp³-hybridized carbons (Fsp3) is 0.421. The highest BCUT2D eigenvalue weighted by molar-refractivity contribution is 6.35. The highest BCUT2D eigenvalue weighted by Crippen LogP contribution is 2.48. The molecule has 0 spiro atoms. The van der Waals surface area contributed by atoms with Crippen molar-refractivity contribution in [3.05, 3.63) is 41.5 Å². The zero-order valence-electron chi connectivity index (χ0n) is 17.1. The van der Waals surface area contributed by atoms with Gasteiger partial charge in [-0.1, -0.05) is 0 Å². The predicted molar refractivity (Wildman–Crippen MR) is 104 cm³/mol. The molecule has 14 heteroatoms. The number of benzene rings is 1. The first-order valence-corrected chi connectivity index (χ1v) is 9.74. The highest BCUT2D eigenvalue weighted by atomic mass is 19.3. The van der Waals surface area contributed by atoms with Crippen LogP contribution in [0.3, 0.4) is 0 Å². The van der Waals surface area contributed by atoms with Crippen LogP contribution in [0.25, 0.3) is 0 Å². The molecule has 0 radical (unpaired) electrons. The number of halogens is 5. The summed E-state index contributed by atoms with van der Waals surface area (Å²) >= 11 is 0. The van der Waals surface area contributed by atoms with Crippen LogP contribution in [0.1, 0.15) is 19.3 Å². The number of rotatable bonds is 5. The van der Waals surface area contributed by atoms with Gasteiger partial charge in [0.2, 0.25) is 5.91 Å². The van der Waals surface area contributed by atoms with Crippen LogP contribution >= 0.6 is 0 Å². The first-order valence-electron chi connectivity index (χ1n) is 9.74. The molecule has 33 heavy (non-hydrogen) atoms. The molecule has 9 nitrogen and oxygen atoms in total. The minimum atomic E-state index is -3.08. The van der Waals surface area contributed by atoms with Crippen molar-refractivity contribution in [2.45, 2.75) is 30.7 Å². The van der Waals surface area contributed by atoms with Crippen LogP contribution in [0.2, 0.25) is 0 Å². The van der Waals surface area contributed by atoms with E-state index in [1.165, 1.54) is 0 Å². The Hall–Kier alpha value is -3.42. The van der Waals surface area contributed by atoms with Gasteiger partial charge >= 0.3 is 11.8 Å². The van der Waals surface area contributed by atoms with E-state index in [4.69, 9.17) is 11.6 Å². The van der Waals surface area contributed by atoms with Gasteiger partial charge in [0.1, 0.15) is 0 Å². The number of amides is 3. The predicted octanol–water partition coefficient (Wildman–Crippen LogP) is 0.438. The summed E-state index contributed by atoms with van der Waals surface area (Å²) in [5.74, 6) is -6.42. The molecule has 0 bridgehead atoms. The van der Waals surface area contributed by atoms with Gasteiger partial charge in [-0.05, 0) is 6.42 Å². The Morgan fingerprint density at radius 1 is 1.12 bits per heavy atom.